The van der Waals surface area contributed by atoms with Crippen LogP contribution in [0.1, 0.15) is 24.1 Å². The smallest absolute Gasteiger partial charge is 0.137 e. The Labute approximate surface area is 123 Å². The number of ether oxygens (including phenoxy) is 2. The predicted molar refractivity (Wildman–Crippen MR) is 79.1 cm³/mol. The number of rotatable bonds is 4. The predicted octanol–water partition coefficient (Wildman–Crippen LogP) is 3.23. The van der Waals surface area contributed by atoms with E-state index in [2.05, 4.69) is 0 Å². The Morgan fingerprint density at radius 3 is 3.00 bits per heavy atom. The maximum atomic E-state index is 13.2. The zero-order chi connectivity index (χ0) is 14.8. The van der Waals surface area contributed by atoms with E-state index >= 15 is 0 Å². The Morgan fingerprint density at radius 2 is 2.19 bits per heavy atom. The molecular formula is C17H18FNO2. The van der Waals surface area contributed by atoms with Gasteiger partial charge in [-0.2, -0.15) is 0 Å². The third-order valence-electron chi connectivity index (χ3n) is 3.58. The van der Waals surface area contributed by atoms with Crippen molar-refractivity contribution in [2.24, 2.45) is 5.73 Å². The number of fused-ring (bicyclic) bond motifs is 1. The first-order chi connectivity index (χ1) is 10.1. The van der Waals surface area contributed by atoms with Crippen LogP contribution in [-0.2, 0) is 6.42 Å². The van der Waals surface area contributed by atoms with Crippen molar-refractivity contribution >= 4 is 0 Å². The normalized spacial score (nSPS) is 18.0. The maximum absolute atomic E-state index is 13.2. The van der Waals surface area contributed by atoms with Gasteiger partial charge in [-0.15, -0.1) is 0 Å². The number of halogens is 1. The first-order valence-electron chi connectivity index (χ1n) is 7.05. The second kappa shape index (κ2) is 5.74. The van der Waals surface area contributed by atoms with Crippen LogP contribution in [-0.4, -0.2) is 12.7 Å². The van der Waals surface area contributed by atoms with Gasteiger partial charge in [0.2, 0.25) is 0 Å². The SMILES string of the molecule is C[C@H](N)c1cccc(OCC2Cc3cc(F)ccc3O2)c1. The highest BCUT2D eigenvalue weighted by atomic mass is 19.1. The van der Waals surface area contributed by atoms with Crippen LogP contribution in [0.15, 0.2) is 42.5 Å². The van der Waals surface area contributed by atoms with E-state index in [1.807, 2.05) is 31.2 Å². The van der Waals surface area contributed by atoms with Crippen molar-refractivity contribution in [1.82, 2.24) is 0 Å². The lowest BCUT2D eigenvalue weighted by atomic mass is 10.1. The van der Waals surface area contributed by atoms with E-state index in [0.29, 0.717) is 13.0 Å². The standard InChI is InChI=1S/C17H18FNO2/c1-11(19)12-3-2-4-15(8-12)20-10-16-9-13-7-14(18)5-6-17(13)21-16/h2-8,11,16H,9-10,19H2,1H3/t11-,16?/m0/s1. The number of nitrogens with two attached hydrogens (primary N) is 1. The quantitative estimate of drug-likeness (QED) is 0.939. The van der Waals surface area contributed by atoms with E-state index in [9.17, 15) is 4.39 Å². The van der Waals surface area contributed by atoms with Gasteiger partial charge in [0.1, 0.15) is 30.0 Å². The molecule has 0 aliphatic carbocycles. The zero-order valence-electron chi connectivity index (χ0n) is 11.9. The van der Waals surface area contributed by atoms with Crippen molar-refractivity contribution in [3.8, 4) is 11.5 Å². The highest BCUT2D eigenvalue weighted by Gasteiger charge is 2.23. The molecular weight excluding hydrogens is 269 g/mol. The summed E-state index contributed by atoms with van der Waals surface area (Å²) in [6.07, 6.45) is 0.584. The second-order valence-electron chi connectivity index (χ2n) is 5.37. The molecule has 2 aromatic rings. The molecule has 1 aliphatic heterocycles. The summed E-state index contributed by atoms with van der Waals surface area (Å²) in [5.41, 5.74) is 7.79. The Morgan fingerprint density at radius 1 is 1.33 bits per heavy atom. The second-order valence-corrected chi connectivity index (χ2v) is 5.37. The van der Waals surface area contributed by atoms with E-state index in [-0.39, 0.29) is 18.0 Å². The van der Waals surface area contributed by atoms with Crippen LogP contribution in [0.25, 0.3) is 0 Å². The molecule has 0 amide bonds. The van der Waals surface area contributed by atoms with Gasteiger partial charge in [-0.05, 0) is 42.8 Å². The van der Waals surface area contributed by atoms with E-state index in [1.54, 1.807) is 6.07 Å². The van der Waals surface area contributed by atoms with Crippen LogP contribution in [0.5, 0.6) is 11.5 Å². The average molecular weight is 287 g/mol. The molecule has 0 saturated carbocycles. The Balaban J connectivity index is 1.61. The van der Waals surface area contributed by atoms with Gasteiger partial charge in [-0.3, -0.25) is 0 Å². The molecule has 0 saturated heterocycles. The van der Waals surface area contributed by atoms with Gasteiger partial charge < -0.3 is 15.2 Å². The lowest BCUT2D eigenvalue weighted by Gasteiger charge is -2.14. The highest BCUT2D eigenvalue weighted by Crippen LogP contribution is 2.29. The van der Waals surface area contributed by atoms with Gasteiger partial charge in [0.15, 0.2) is 0 Å². The van der Waals surface area contributed by atoms with Gasteiger partial charge in [0, 0.05) is 18.0 Å². The molecule has 3 nitrogen and oxygen atoms in total. The van der Waals surface area contributed by atoms with Gasteiger partial charge in [-0.25, -0.2) is 4.39 Å². The fourth-order valence-electron chi connectivity index (χ4n) is 2.46. The summed E-state index contributed by atoms with van der Waals surface area (Å²) in [7, 11) is 0. The van der Waals surface area contributed by atoms with Crippen LogP contribution in [0.3, 0.4) is 0 Å². The summed E-state index contributed by atoms with van der Waals surface area (Å²) in [5.74, 6) is 1.29. The van der Waals surface area contributed by atoms with Gasteiger partial charge in [0.25, 0.3) is 0 Å². The Kier molecular flexibility index (Phi) is 3.80. The van der Waals surface area contributed by atoms with Crippen molar-refractivity contribution in [2.75, 3.05) is 6.61 Å². The molecule has 1 aliphatic rings. The Bertz CT molecular complexity index is 642. The number of benzene rings is 2. The minimum atomic E-state index is -0.233. The van der Waals surface area contributed by atoms with E-state index < -0.39 is 0 Å². The molecule has 0 spiro atoms. The minimum absolute atomic E-state index is 0.0245. The summed E-state index contributed by atoms with van der Waals surface area (Å²) in [6, 6.07) is 12.3. The van der Waals surface area contributed by atoms with Crippen molar-refractivity contribution in [2.45, 2.75) is 25.5 Å². The van der Waals surface area contributed by atoms with Crippen molar-refractivity contribution in [3.05, 3.63) is 59.4 Å². The number of hydrogen-bond donors (Lipinski definition) is 1. The summed E-state index contributed by atoms with van der Waals surface area (Å²) < 4.78 is 24.7. The Hall–Kier alpha value is -2.07. The average Bonchev–Trinajstić information content (AvgIpc) is 2.87. The molecule has 1 unspecified atom stereocenters. The van der Waals surface area contributed by atoms with Crippen LogP contribution in [0, 0.1) is 5.82 Å². The molecule has 2 N–H and O–H groups in total. The molecule has 110 valence electrons. The molecule has 0 radical (unpaired) electrons. The molecule has 4 heteroatoms. The fourth-order valence-corrected chi connectivity index (χ4v) is 2.46. The van der Waals surface area contributed by atoms with Crippen LogP contribution >= 0.6 is 0 Å². The largest absolute Gasteiger partial charge is 0.490 e. The number of hydrogen-bond acceptors (Lipinski definition) is 3. The monoisotopic (exact) mass is 287 g/mol. The summed E-state index contributed by atoms with van der Waals surface area (Å²) in [6.45, 7) is 2.36. The van der Waals surface area contributed by atoms with E-state index in [0.717, 1.165) is 22.6 Å². The molecule has 0 bridgehead atoms. The van der Waals surface area contributed by atoms with Crippen molar-refractivity contribution in [1.29, 1.82) is 0 Å². The third-order valence-corrected chi connectivity index (χ3v) is 3.58. The van der Waals surface area contributed by atoms with Crippen LogP contribution in [0.2, 0.25) is 0 Å². The van der Waals surface area contributed by atoms with Crippen LogP contribution in [0.4, 0.5) is 4.39 Å². The first kappa shape index (κ1) is 13.9. The fraction of sp³-hybridized carbons (Fsp3) is 0.294. The molecule has 21 heavy (non-hydrogen) atoms. The molecule has 0 fully saturated rings. The van der Waals surface area contributed by atoms with E-state index in [4.69, 9.17) is 15.2 Å². The van der Waals surface area contributed by atoms with Crippen LogP contribution < -0.4 is 15.2 Å². The lowest BCUT2D eigenvalue weighted by molar-refractivity contribution is 0.148. The summed E-state index contributed by atoms with van der Waals surface area (Å²) in [5, 5.41) is 0. The van der Waals surface area contributed by atoms with E-state index in [1.165, 1.54) is 12.1 Å². The highest BCUT2D eigenvalue weighted by molar-refractivity contribution is 5.38. The molecule has 2 atom stereocenters. The lowest BCUT2D eigenvalue weighted by Crippen LogP contribution is -2.22. The van der Waals surface area contributed by atoms with Crippen molar-refractivity contribution < 1.29 is 13.9 Å². The third kappa shape index (κ3) is 3.16. The molecule has 3 rings (SSSR count). The van der Waals surface area contributed by atoms with Gasteiger partial charge >= 0.3 is 0 Å². The molecule has 1 heterocycles. The topological polar surface area (TPSA) is 44.5 Å². The summed E-state index contributed by atoms with van der Waals surface area (Å²) >= 11 is 0. The molecule has 0 aromatic heterocycles. The molecule has 2 aromatic carbocycles. The van der Waals surface area contributed by atoms with Crippen molar-refractivity contribution in [3.63, 3.8) is 0 Å². The van der Waals surface area contributed by atoms with Gasteiger partial charge in [0.05, 0.1) is 0 Å². The maximum Gasteiger partial charge on any atom is 0.137 e. The zero-order valence-corrected chi connectivity index (χ0v) is 11.9. The minimum Gasteiger partial charge on any atom is -0.490 e. The first-order valence-corrected chi connectivity index (χ1v) is 7.05. The summed E-state index contributed by atoms with van der Waals surface area (Å²) in [4.78, 5) is 0. The van der Waals surface area contributed by atoms with Gasteiger partial charge in [-0.1, -0.05) is 12.1 Å².